The highest BCUT2D eigenvalue weighted by Crippen LogP contribution is 2.37. The third kappa shape index (κ3) is 3.45. The van der Waals surface area contributed by atoms with Crippen molar-refractivity contribution in [2.75, 3.05) is 20.1 Å². The number of hydrogen-bond donors (Lipinski definition) is 2. The number of nitrogens with zero attached hydrogens (tertiary/aromatic N) is 3. The standard InChI is InChI=1S/C17H18F3N3O2/c1-9-5-13(16(25)10-7-23(2)8-10)21-22-15(9)12-4-3-11(6-14(12)24)17(18,19)20/h3-6,10,16,24-25H,7-8H2,1-2H3. The lowest BCUT2D eigenvalue weighted by Crippen LogP contribution is -2.46. The van der Waals surface area contributed by atoms with E-state index in [2.05, 4.69) is 15.1 Å². The van der Waals surface area contributed by atoms with Crippen molar-refractivity contribution in [1.82, 2.24) is 15.1 Å². The quantitative estimate of drug-likeness (QED) is 0.888. The van der Waals surface area contributed by atoms with Crippen molar-refractivity contribution in [2.45, 2.75) is 19.2 Å². The molecule has 8 heteroatoms. The van der Waals surface area contributed by atoms with E-state index in [0.29, 0.717) is 17.3 Å². The first-order valence-corrected chi connectivity index (χ1v) is 7.78. The summed E-state index contributed by atoms with van der Waals surface area (Å²) in [6.07, 6.45) is -5.27. The molecule has 2 N–H and O–H groups in total. The van der Waals surface area contributed by atoms with Crippen molar-refractivity contribution in [3.05, 3.63) is 41.1 Å². The van der Waals surface area contributed by atoms with Crippen LogP contribution in [0.3, 0.4) is 0 Å². The van der Waals surface area contributed by atoms with Crippen LogP contribution in [0, 0.1) is 12.8 Å². The smallest absolute Gasteiger partial charge is 0.416 e. The van der Waals surface area contributed by atoms with E-state index < -0.39 is 23.6 Å². The van der Waals surface area contributed by atoms with Gasteiger partial charge < -0.3 is 15.1 Å². The molecule has 1 unspecified atom stereocenters. The van der Waals surface area contributed by atoms with E-state index in [-0.39, 0.29) is 17.2 Å². The first kappa shape index (κ1) is 17.6. The van der Waals surface area contributed by atoms with Gasteiger partial charge in [0.2, 0.25) is 0 Å². The van der Waals surface area contributed by atoms with Gasteiger partial charge in [-0.25, -0.2) is 0 Å². The largest absolute Gasteiger partial charge is 0.507 e. The topological polar surface area (TPSA) is 69.5 Å². The predicted octanol–water partition coefficient (Wildman–Crippen LogP) is 2.77. The fourth-order valence-corrected chi connectivity index (χ4v) is 3.01. The predicted molar refractivity (Wildman–Crippen MR) is 84.8 cm³/mol. The molecule has 25 heavy (non-hydrogen) atoms. The summed E-state index contributed by atoms with van der Waals surface area (Å²) in [5, 5.41) is 28.3. The number of aromatic hydroxyl groups is 1. The zero-order chi connectivity index (χ0) is 18.4. The number of rotatable bonds is 3. The Labute approximate surface area is 142 Å². The number of likely N-dealkylation sites (tertiary alicyclic amines) is 1. The van der Waals surface area contributed by atoms with Crippen LogP contribution >= 0.6 is 0 Å². The summed E-state index contributed by atoms with van der Waals surface area (Å²) in [5.74, 6) is -0.426. The second-order valence-corrected chi connectivity index (χ2v) is 6.46. The molecule has 0 radical (unpaired) electrons. The Morgan fingerprint density at radius 2 is 1.88 bits per heavy atom. The van der Waals surface area contributed by atoms with Gasteiger partial charge in [-0.15, -0.1) is 5.10 Å². The summed E-state index contributed by atoms with van der Waals surface area (Å²) in [4.78, 5) is 2.07. The minimum Gasteiger partial charge on any atom is -0.507 e. The molecule has 3 rings (SSSR count). The van der Waals surface area contributed by atoms with E-state index in [9.17, 15) is 23.4 Å². The summed E-state index contributed by atoms with van der Waals surface area (Å²) < 4.78 is 38.1. The first-order valence-electron chi connectivity index (χ1n) is 7.78. The molecule has 1 atom stereocenters. The SMILES string of the molecule is Cc1cc(C(O)C2CN(C)C2)nnc1-c1ccc(C(F)(F)F)cc1O. The first-order chi connectivity index (χ1) is 11.7. The van der Waals surface area contributed by atoms with Crippen LogP contribution in [0.4, 0.5) is 13.2 Å². The van der Waals surface area contributed by atoms with Crippen LogP contribution in [-0.2, 0) is 6.18 Å². The Kier molecular flexibility index (Phi) is 4.42. The van der Waals surface area contributed by atoms with Gasteiger partial charge in [0.05, 0.1) is 17.0 Å². The second kappa shape index (κ2) is 6.27. The number of aliphatic hydroxyl groups is 1. The number of aryl methyl sites for hydroxylation is 1. The maximum Gasteiger partial charge on any atom is 0.416 e. The monoisotopic (exact) mass is 353 g/mol. The van der Waals surface area contributed by atoms with Gasteiger partial charge in [0.25, 0.3) is 0 Å². The van der Waals surface area contributed by atoms with Gasteiger partial charge in [-0.2, -0.15) is 18.3 Å². The highest BCUT2D eigenvalue weighted by Gasteiger charge is 2.33. The number of alkyl halides is 3. The highest BCUT2D eigenvalue weighted by molar-refractivity contribution is 5.69. The van der Waals surface area contributed by atoms with Crippen molar-refractivity contribution >= 4 is 0 Å². The summed E-state index contributed by atoms with van der Waals surface area (Å²) in [6.45, 7) is 3.25. The normalized spacial score (nSPS) is 17.4. The highest BCUT2D eigenvalue weighted by atomic mass is 19.4. The Morgan fingerprint density at radius 3 is 2.40 bits per heavy atom. The molecular formula is C17H18F3N3O2. The Hall–Kier alpha value is -2.19. The maximum atomic E-state index is 12.7. The third-order valence-corrected chi connectivity index (χ3v) is 4.43. The van der Waals surface area contributed by atoms with Gasteiger partial charge in [-0.3, -0.25) is 0 Å². The molecule has 1 aliphatic heterocycles. The average molecular weight is 353 g/mol. The lowest BCUT2D eigenvalue weighted by molar-refractivity contribution is -0.137. The molecule has 0 aliphatic carbocycles. The number of benzene rings is 1. The number of aliphatic hydroxyl groups excluding tert-OH is 1. The molecule has 0 amide bonds. The van der Waals surface area contributed by atoms with E-state index in [1.54, 1.807) is 13.0 Å². The van der Waals surface area contributed by atoms with Crippen LogP contribution in [-0.4, -0.2) is 45.4 Å². The van der Waals surface area contributed by atoms with Gasteiger partial charge >= 0.3 is 6.18 Å². The Balaban J connectivity index is 1.88. The average Bonchev–Trinajstić information content (AvgIpc) is 2.50. The summed E-state index contributed by atoms with van der Waals surface area (Å²) in [6, 6.07) is 4.39. The van der Waals surface area contributed by atoms with Crippen LogP contribution in [0.2, 0.25) is 0 Å². The van der Waals surface area contributed by atoms with Gasteiger partial charge in [0, 0.05) is 24.6 Å². The molecule has 1 aromatic heterocycles. The molecule has 2 heterocycles. The van der Waals surface area contributed by atoms with Crippen LogP contribution in [0.5, 0.6) is 5.75 Å². The number of phenols is 1. The lowest BCUT2D eigenvalue weighted by atomic mass is 9.91. The van der Waals surface area contributed by atoms with E-state index in [0.717, 1.165) is 19.2 Å². The zero-order valence-corrected chi connectivity index (χ0v) is 13.7. The molecule has 1 fully saturated rings. The number of halogens is 3. The summed E-state index contributed by atoms with van der Waals surface area (Å²) >= 11 is 0. The Bertz CT molecular complexity index is 789. The molecule has 0 spiro atoms. The number of hydrogen-bond acceptors (Lipinski definition) is 5. The maximum absolute atomic E-state index is 12.7. The van der Waals surface area contributed by atoms with Crippen LogP contribution in [0.15, 0.2) is 24.3 Å². The molecule has 0 saturated carbocycles. The molecule has 1 aromatic carbocycles. The van der Waals surface area contributed by atoms with Gasteiger partial charge in [0.1, 0.15) is 11.9 Å². The van der Waals surface area contributed by atoms with E-state index in [1.165, 1.54) is 6.07 Å². The van der Waals surface area contributed by atoms with Gasteiger partial charge in [0.15, 0.2) is 0 Å². The molecule has 2 aromatic rings. The fourth-order valence-electron chi connectivity index (χ4n) is 3.01. The minimum atomic E-state index is -4.53. The molecule has 0 bridgehead atoms. The molecule has 1 saturated heterocycles. The van der Waals surface area contributed by atoms with E-state index >= 15 is 0 Å². The van der Waals surface area contributed by atoms with Crippen molar-refractivity contribution in [3.8, 4) is 17.0 Å². The molecule has 5 nitrogen and oxygen atoms in total. The summed E-state index contributed by atoms with van der Waals surface area (Å²) in [7, 11) is 1.95. The van der Waals surface area contributed by atoms with Crippen LogP contribution in [0.25, 0.3) is 11.3 Å². The number of phenolic OH excluding ortho intramolecular Hbond substituents is 1. The van der Waals surface area contributed by atoms with Crippen LogP contribution in [0.1, 0.15) is 22.9 Å². The zero-order valence-electron chi connectivity index (χ0n) is 13.7. The minimum absolute atomic E-state index is 0.0871. The van der Waals surface area contributed by atoms with E-state index in [4.69, 9.17) is 0 Å². The fraction of sp³-hybridized carbons (Fsp3) is 0.412. The molecule has 1 aliphatic rings. The van der Waals surface area contributed by atoms with Crippen LogP contribution < -0.4 is 0 Å². The summed E-state index contributed by atoms with van der Waals surface area (Å²) in [5.41, 5.74) is 0.563. The van der Waals surface area contributed by atoms with Crippen molar-refractivity contribution in [2.24, 2.45) is 5.92 Å². The van der Waals surface area contributed by atoms with Crippen molar-refractivity contribution in [3.63, 3.8) is 0 Å². The lowest BCUT2D eigenvalue weighted by Gasteiger charge is -2.38. The third-order valence-electron chi connectivity index (χ3n) is 4.43. The molecular weight excluding hydrogens is 335 g/mol. The molecule has 134 valence electrons. The van der Waals surface area contributed by atoms with Gasteiger partial charge in [-0.05, 0) is 43.8 Å². The second-order valence-electron chi connectivity index (χ2n) is 6.46. The van der Waals surface area contributed by atoms with Gasteiger partial charge in [-0.1, -0.05) is 0 Å². The van der Waals surface area contributed by atoms with Crippen molar-refractivity contribution in [1.29, 1.82) is 0 Å². The Morgan fingerprint density at radius 1 is 1.20 bits per heavy atom. The number of aromatic nitrogens is 2. The van der Waals surface area contributed by atoms with E-state index in [1.807, 2.05) is 7.05 Å². The van der Waals surface area contributed by atoms with Crippen molar-refractivity contribution < 1.29 is 23.4 Å².